The van der Waals surface area contributed by atoms with Crippen LogP contribution in [0.15, 0.2) is 53.7 Å². The molecule has 0 N–H and O–H groups in total. The molecule has 0 fully saturated rings. The van der Waals surface area contributed by atoms with Crippen LogP contribution in [0.25, 0.3) is 0 Å². The topological polar surface area (TPSA) is 30.8 Å². The molecule has 0 spiro atoms. The molecule has 2 aromatic carbocycles. The largest absolute Gasteiger partial charge is 0.434 e. The summed E-state index contributed by atoms with van der Waals surface area (Å²) in [6, 6.07) is 13.4. The van der Waals surface area contributed by atoms with Crippen LogP contribution in [0.2, 0.25) is 5.02 Å². The minimum atomic E-state index is -2.88. The lowest BCUT2D eigenvalue weighted by Crippen LogP contribution is -2.04. The SMILES string of the molecule is FC(F)Oc1ccccc1/C=N/OCc1ccc(Cl)cc1. The van der Waals surface area contributed by atoms with E-state index in [9.17, 15) is 8.78 Å². The molecule has 3 nitrogen and oxygen atoms in total. The fourth-order valence-corrected chi connectivity index (χ4v) is 1.70. The van der Waals surface area contributed by atoms with E-state index in [4.69, 9.17) is 16.4 Å². The molecule has 0 aliphatic carbocycles. The van der Waals surface area contributed by atoms with E-state index >= 15 is 0 Å². The molecule has 21 heavy (non-hydrogen) atoms. The molecule has 6 heteroatoms. The lowest BCUT2D eigenvalue weighted by atomic mass is 10.2. The van der Waals surface area contributed by atoms with Crippen LogP contribution in [0, 0.1) is 0 Å². The number of oxime groups is 1. The standard InChI is InChI=1S/C15H12ClF2NO2/c16-13-7-5-11(6-8-13)10-20-19-9-12-3-1-2-4-14(12)21-15(17)18/h1-9,15H,10H2/b19-9+. The van der Waals surface area contributed by atoms with Crippen molar-refractivity contribution in [1.82, 2.24) is 0 Å². The lowest BCUT2D eigenvalue weighted by molar-refractivity contribution is -0.0499. The van der Waals surface area contributed by atoms with Crippen molar-refractivity contribution in [3.05, 3.63) is 64.7 Å². The zero-order valence-corrected chi connectivity index (χ0v) is 11.6. The van der Waals surface area contributed by atoms with Gasteiger partial charge in [-0.1, -0.05) is 41.0 Å². The number of ether oxygens (including phenoxy) is 1. The molecule has 0 heterocycles. The number of para-hydroxylation sites is 1. The van der Waals surface area contributed by atoms with Gasteiger partial charge in [-0.05, 0) is 29.8 Å². The summed E-state index contributed by atoms with van der Waals surface area (Å²) in [4.78, 5) is 5.11. The van der Waals surface area contributed by atoms with Crippen LogP contribution in [0.5, 0.6) is 5.75 Å². The number of benzene rings is 2. The van der Waals surface area contributed by atoms with Crippen molar-refractivity contribution >= 4 is 17.8 Å². The Kier molecular flexibility index (Phi) is 5.51. The number of nitrogens with zero attached hydrogens (tertiary/aromatic N) is 1. The van der Waals surface area contributed by atoms with Gasteiger partial charge < -0.3 is 9.57 Å². The maximum Gasteiger partial charge on any atom is 0.387 e. The number of hydrogen-bond acceptors (Lipinski definition) is 3. The van der Waals surface area contributed by atoms with Gasteiger partial charge in [0, 0.05) is 10.6 Å². The molecule has 0 atom stereocenters. The zero-order valence-electron chi connectivity index (χ0n) is 10.9. The van der Waals surface area contributed by atoms with E-state index in [-0.39, 0.29) is 12.4 Å². The Labute approximate surface area is 125 Å². The summed E-state index contributed by atoms with van der Waals surface area (Å²) in [6.45, 7) is -2.62. The second-order valence-electron chi connectivity index (χ2n) is 4.05. The Hall–Kier alpha value is -2.14. The van der Waals surface area contributed by atoms with Gasteiger partial charge in [0.15, 0.2) is 0 Å². The Morgan fingerprint density at radius 2 is 1.81 bits per heavy atom. The molecule has 0 amide bonds. The van der Waals surface area contributed by atoms with Gasteiger partial charge in [-0.15, -0.1) is 0 Å². The maximum absolute atomic E-state index is 12.2. The Bertz CT molecular complexity index is 603. The van der Waals surface area contributed by atoms with E-state index in [1.54, 1.807) is 30.3 Å². The Morgan fingerprint density at radius 3 is 2.52 bits per heavy atom. The molecule has 0 aromatic heterocycles. The summed E-state index contributed by atoms with van der Waals surface area (Å²) in [5.41, 5.74) is 1.31. The summed E-state index contributed by atoms with van der Waals surface area (Å²) in [6.07, 6.45) is 1.33. The highest BCUT2D eigenvalue weighted by Gasteiger charge is 2.07. The molecule has 0 aliphatic rings. The van der Waals surface area contributed by atoms with Gasteiger partial charge in [-0.25, -0.2) is 0 Å². The highest BCUT2D eigenvalue weighted by atomic mass is 35.5. The van der Waals surface area contributed by atoms with E-state index in [0.29, 0.717) is 10.6 Å². The summed E-state index contributed by atoms with van der Waals surface area (Å²) < 4.78 is 28.8. The van der Waals surface area contributed by atoms with Crippen LogP contribution < -0.4 is 4.74 Å². The van der Waals surface area contributed by atoms with Crippen LogP contribution in [-0.4, -0.2) is 12.8 Å². The van der Waals surface area contributed by atoms with E-state index in [1.807, 2.05) is 12.1 Å². The first-order valence-corrected chi connectivity index (χ1v) is 6.46. The predicted octanol–water partition coefficient (Wildman–Crippen LogP) is 4.49. The third-order valence-electron chi connectivity index (χ3n) is 2.55. The third-order valence-corrected chi connectivity index (χ3v) is 2.80. The molecule has 0 bridgehead atoms. The summed E-state index contributed by atoms with van der Waals surface area (Å²) in [7, 11) is 0. The van der Waals surface area contributed by atoms with E-state index in [2.05, 4.69) is 9.89 Å². The minimum Gasteiger partial charge on any atom is -0.434 e. The second kappa shape index (κ2) is 7.59. The maximum atomic E-state index is 12.2. The molecule has 0 radical (unpaired) electrons. The molecule has 0 aliphatic heterocycles. The van der Waals surface area contributed by atoms with Crippen LogP contribution in [-0.2, 0) is 11.4 Å². The van der Waals surface area contributed by atoms with Crippen LogP contribution >= 0.6 is 11.6 Å². The predicted molar refractivity (Wildman–Crippen MR) is 76.9 cm³/mol. The van der Waals surface area contributed by atoms with Crippen molar-refractivity contribution in [2.45, 2.75) is 13.2 Å². The monoisotopic (exact) mass is 311 g/mol. The van der Waals surface area contributed by atoms with Crippen LogP contribution in [0.1, 0.15) is 11.1 Å². The van der Waals surface area contributed by atoms with Crippen molar-refractivity contribution < 1.29 is 18.4 Å². The molecule has 0 saturated carbocycles. The lowest BCUT2D eigenvalue weighted by Gasteiger charge is -2.06. The first-order valence-electron chi connectivity index (χ1n) is 6.09. The quantitative estimate of drug-likeness (QED) is 0.581. The Balaban J connectivity index is 1.93. The van der Waals surface area contributed by atoms with E-state index < -0.39 is 6.61 Å². The summed E-state index contributed by atoms with van der Waals surface area (Å²) in [5.74, 6) is 0.0475. The molecule has 110 valence electrons. The number of alkyl halides is 2. The highest BCUT2D eigenvalue weighted by Crippen LogP contribution is 2.18. The van der Waals surface area contributed by atoms with Crippen molar-refractivity contribution in [2.24, 2.45) is 5.16 Å². The molecular formula is C15H12ClF2NO2. The first-order chi connectivity index (χ1) is 10.1. The average molecular weight is 312 g/mol. The number of rotatable bonds is 6. The Morgan fingerprint density at radius 1 is 1.10 bits per heavy atom. The molecule has 2 rings (SSSR count). The minimum absolute atomic E-state index is 0.0475. The average Bonchev–Trinajstić information content (AvgIpc) is 2.46. The molecule has 0 saturated heterocycles. The van der Waals surface area contributed by atoms with Gasteiger partial charge in [0.2, 0.25) is 0 Å². The smallest absolute Gasteiger partial charge is 0.387 e. The van der Waals surface area contributed by atoms with Crippen molar-refractivity contribution in [2.75, 3.05) is 0 Å². The highest BCUT2D eigenvalue weighted by molar-refractivity contribution is 6.30. The fourth-order valence-electron chi connectivity index (χ4n) is 1.58. The van der Waals surface area contributed by atoms with Crippen LogP contribution in [0.3, 0.4) is 0 Å². The van der Waals surface area contributed by atoms with Crippen LogP contribution in [0.4, 0.5) is 8.78 Å². The number of halogens is 3. The van der Waals surface area contributed by atoms with Gasteiger partial charge in [0.05, 0.1) is 6.21 Å². The first kappa shape index (κ1) is 15.3. The second-order valence-corrected chi connectivity index (χ2v) is 4.49. The third kappa shape index (κ3) is 5.04. The molecular weight excluding hydrogens is 300 g/mol. The van der Waals surface area contributed by atoms with Gasteiger partial charge >= 0.3 is 6.61 Å². The zero-order chi connectivity index (χ0) is 15.1. The van der Waals surface area contributed by atoms with Gasteiger partial charge in [-0.3, -0.25) is 0 Å². The summed E-state index contributed by atoms with van der Waals surface area (Å²) >= 11 is 5.77. The normalized spacial score (nSPS) is 11.0. The van der Waals surface area contributed by atoms with E-state index in [1.165, 1.54) is 12.3 Å². The van der Waals surface area contributed by atoms with Crippen molar-refractivity contribution in [3.63, 3.8) is 0 Å². The van der Waals surface area contributed by atoms with Gasteiger partial charge in [-0.2, -0.15) is 8.78 Å². The molecule has 0 unspecified atom stereocenters. The van der Waals surface area contributed by atoms with E-state index in [0.717, 1.165) is 5.56 Å². The number of hydrogen-bond donors (Lipinski definition) is 0. The molecule has 2 aromatic rings. The van der Waals surface area contributed by atoms with Crippen molar-refractivity contribution in [3.8, 4) is 5.75 Å². The van der Waals surface area contributed by atoms with Gasteiger partial charge in [0.1, 0.15) is 12.4 Å². The van der Waals surface area contributed by atoms with Gasteiger partial charge in [0.25, 0.3) is 0 Å². The summed E-state index contributed by atoms with van der Waals surface area (Å²) in [5, 5.41) is 4.38. The van der Waals surface area contributed by atoms with Crippen molar-refractivity contribution in [1.29, 1.82) is 0 Å². The fraction of sp³-hybridized carbons (Fsp3) is 0.133.